The van der Waals surface area contributed by atoms with Gasteiger partial charge in [-0.05, 0) is 6.07 Å². The van der Waals surface area contributed by atoms with Crippen molar-refractivity contribution in [2.45, 2.75) is 6.42 Å². The van der Waals surface area contributed by atoms with Crippen LogP contribution in [0.1, 0.15) is 5.56 Å². The van der Waals surface area contributed by atoms with Crippen molar-refractivity contribution in [3.05, 3.63) is 27.8 Å². The van der Waals surface area contributed by atoms with E-state index in [0.717, 1.165) is 11.3 Å². The molecule has 88 valence electrons. The van der Waals surface area contributed by atoms with Crippen molar-refractivity contribution >= 4 is 17.1 Å². The Bertz CT molecular complexity index is 393. The second-order valence-corrected chi connectivity index (χ2v) is 3.27. The van der Waals surface area contributed by atoms with Gasteiger partial charge < -0.3 is 15.8 Å². The lowest BCUT2D eigenvalue weighted by Crippen LogP contribution is -2.06. The minimum atomic E-state index is -0.481. The molecule has 0 fully saturated rings. The Hall–Kier alpha value is -1.82. The smallest absolute Gasteiger partial charge is 0.292 e. The lowest BCUT2D eigenvalue weighted by Gasteiger charge is -2.11. The standard InChI is InChI=1S/C10H15N3O3/c1-12-8-3-4-9(13(14)15)10(11)7(8)5-6-16-2/h3-4,12H,5-6,11H2,1-2H3. The molecule has 0 saturated heterocycles. The zero-order valence-electron chi connectivity index (χ0n) is 9.32. The fraction of sp³-hybridized carbons (Fsp3) is 0.400. The molecule has 0 aliphatic heterocycles. The highest BCUT2D eigenvalue weighted by molar-refractivity contribution is 5.72. The molecule has 1 aromatic rings. The maximum absolute atomic E-state index is 10.7. The second-order valence-electron chi connectivity index (χ2n) is 3.27. The maximum atomic E-state index is 10.7. The molecule has 0 saturated carbocycles. The first-order valence-electron chi connectivity index (χ1n) is 4.84. The molecule has 0 heterocycles. The van der Waals surface area contributed by atoms with E-state index in [1.165, 1.54) is 6.07 Å². The summed E-state index contributed by atoms with van der Waals surface area (Å²) in [6.45, 7) is 0.472. The van der Waals surface area contributed by atoms with Gasteiger partial charge in [-0.2, -0.15) is 0 Å². The van der Waals surface area contributed by atoms with Crippen molar-refractivity contribution in [2.24, 2.45) is 0 Å². The predicted molar refractivity (Wildman–Crippen MR) is 62.6 cm³/mol. The normalized spacial score (nSPS) is 10.1. The molecule has 16 heavy (non-hydrogen) atoms. The first kappa shape index (κ1) is 12.3. The summed E-state index contributed by atoms with van der Waals surface area (Å²) in [5.41, 5.74) is 7.41. The van der Waals surface area contributed by atoms with Crippen LogP contribution in [-0.2, 0) is 11.2 Å². The number of nitro groups is 1. The van der Waals surface area contributed by atoms with Crippen LogP contribution < -0.4 is 11.1 Å². The Labute approximate surface area is 93.5 Å². The molecule has 0 spiro atoms. The molecular weight excluding hydrogens is 210 g/mol. The topological polar surface area (TPSA) is 90.4 Å². The maximum Gasteiger partial charge on any atom is 0.292 e. The molecule has 0 atom stereocenters. The summed E-state index contributed by atoms with van der Waals surface area (Å²) in [5, 5.41) is 13.7. The van der Waals surface area contributed by atoms with Crippen molar-refractivity contribution in [1.29, 1.82) is 0 Å². The fourth-order valence-electron chi connectivity index (χ4n) is 1.52. The Morgan fingerprint density at radius 2 is 2.25 bits per heavy atom. The van der Waals surface area contributed by atoms with E-state index in [1.54, 1.807) is 20.2 Å². The number of anilines is 2. The van der Waals surface area contributed by atoms with E-state index in [1.807, 2.05) is 0 Å². The first-order valence-corrected chi connectivity index (χ1v) is 4.84. The number of rotatable bonds is 5. The van der Waals surface area contributed by atoms with E-state index in [-0.39, 0.29) is 11.4 Å². The number of nitrogens with one attached hydrogen (secondary N) is 1. The number of methoxy groups -OCH3 is 1. The predicted octanol–water partition coefficient (Wildman–Crippen LogP) is 1.41. The van der Waals surface area contributed by atoms with Gasteiger partial charge in [0.25, 0.3) is 5.69 Å². The molecule has 6 heteroatoms. The van der Waals surface area contributed by atoms with Gasteiger partial charge in [-0.1, -0.05) is 0 Å². The highest BCUT2D eigenvalue weighted by Crippen LogP contribution is 2.31. The minimum Gasteiger partial charge on any atom is -0.393 e. The van der Waals surface area contributed by atoms with Crippen LogP contribution in [0.4, 0.5) is 17.1 Å². The number of ether oxygens (including phenoxy) is 1. The SMILES string of the molecule is CNc1ccc([N+](=O)[O-])c(N)c1CCOC. The quantitative estimate of drug-likeness (QED) is 0.449. The zero-order valence-corrected chi connectivity index (χ0v) is 9.32. The van der Waals surface area contributed by atoms with Gasteiger partial charge in [-0.15, -0.1) is 0 Å². The number of benzene rings is 1. The van der Waals surface area contributed by atoms with Gasteiger partial charge in [-0.3, -0.25) is 10.1 Å². The van der Waals surface area contributed by atoms with Crippen LogP contribution in [0.15, 0.2) is 12.1 Å². The molecule has 3 N–H and O–H groups in total. The van der Waals surface area contributed by atoms with Gasteiger partial charge in [0.2, 0.25) is 0 Å². The molecular formula is C10H15N3O3. The van der Waals surface area contributed by atoms with Crippen LogP contribution >= 0.6 is 0 Å². The average Bonchev–Trinajstić information content (AvgIpc) is 2.26. The summed E-state index contributed by atoms with van der Waals surface area (Å²) in [6, 6.07) is 3.05. The number of nitrogen functional groups attached to an aromatic ring is 1. The number of hydrogen-bond donors (Lipinski definition) is 2. The van der Waals surface area contributed by atoms with Crippen LogP contribution in [0.3, 0.4) is 0 Å². The third-order valence-corrected chi connectivity index (χ3v) is 2.36. The van der Waals surface area contributed by atoms with E-state index in [9.17, 15) is 10.1 Å². The van der Waals surface area contributed by atoms with Gasteiger partial charge in [0.1, 0.15) is 5.69 Å². The summed E-state index contributed by atoms with van der Waals surface area (Å²) in [4.78, 5) is 10.2. The second kappa shape index (κ2) is 5.32. The average molecular weight is 225 g/mol. The van der Waals surface area contributed by atoms with Crippen molar-refractivity contribution < 1.29 is 9.66 Å². The Kier molecular flexibility index (Phi) is 4.07. The summed E-state index contributed by atoms with van der Waals surface area (Å²) >= 11 is 0. The Morgan fingerprint density at radius 3 is 2.75 bits per heavy atom. The van der Waals surface area contributed by atoms with Crippen molar-refractivity contribution in [3.63, 3.8) is 0 Å². The number of nitro benzene ring substituents is 1. The molecule has 0 amide bonds. The third kappa shape index (κ3) is 2.40. The van der Waals surface area contributed by atoms with Gasteiger partial charge in [0.15, 0.2) is 0 Å². The minimum absolute atomic E-state index is 0.0647. The molecule has 0 radical (unpaired) electrons. The summed E-state index contributed by atoms with van der Waals surface area (Å²) in [6.07, 6.45) is 0.542. The summed E-state index contributed by atoms with van der Waals surface area (Å²) in [7, 11) is 3.32. The summed E-state index contributed by atoms with van der Waals surface area (Å²) < 4.78 is 4.95. The van der Waals surface area contributed by atoms with Crippen LogP contribution in [-0.4, -0.2) is 25.7 Å². The number of nitrogens with two attached hydrogens (primary N) is 1. The van der Waals surface area contributed by atoms with E-state index in [2.05, 4.69) is 5.32 Å². The molecule has 0 aliphatic rings. The molecule has 0 aromatic heterocycles. The largest absolute Gasteiger partial charge is 0.393 e. The highest BCUT2D eigenvalue weighted by atomic mass is 16.6. The van der Waals surface area contributed by atoms with Crippen LogP contribution in [0.5, 0.6) is 0 Å². The van der Waals surface area contributed by atoms with E-state index >= 15 is 0 Å². The van der Waals surface area contributed by atoms with E-state index in [4.69, 9.17) is 10.5 Å². The fourth-order valence-corrected chi connectivity index (χ4v) is 1.52. The van der Waals surface area contributed by atoms with Crippen molar-refractivity contribution in [1.82, 2.24) is 0 Å². The first-order chi connectivity index (χ1) is 7.61. The summed E-state index contributed by atoms with van der Waals surface area (Å²) in [5.74, 6) is 0. The van der Waals surface area contributed by atoms with E-state index in [0.29, 0.717) is 13.0 Å². The van der Waals surface area contributed by atoms with Crippen molar-refractivity contribution in [3.8, 4) is 0 Å². The molecule has 0 bridgehead atoms. The molecule has 6 nitrogen and oxygen atoms in total. The Morgan fingerprint density at radius 1 is 1.56 bits per heavy atom. The van der Waals surface area contributed by atoms with Crippen LogP contribution in [0.25, 0.3) is 0 Å². The zero-order chi connectivity index (χ0) is 12.1. The molecule has 1 aromatic carbocycles. The molecule has 0 unspecified atom stereocenters. The van der Waals surface area contributed by atoms with Crippen molar-refractivity contribution in [2.75, 3.05) is 31.8 Å². The van der Waals surface area contributed by atoms with Gasteiger partial charge in [-0.25, -0.2) is 0 Å². The molecule has 0 aliphatic carbocycles. The van der Waals surface area contributed by atoms with Gasteiger partial charge in [0, 0.05) is 37.9 Å². The third-order valence-electron chi connectivity index (χ3n) is 2.36. The van der Waals surface area contributed by atoms with E-state index < -0.39 is 4.92 Å². The lowest BCUT2D eigenvalue weighted by molar-refractivity contribution is -0.383. The monoisotopic (exact) mass is 225 g/mol. The van der Waals surface area contributed by atoms with Crippen LogP contribution in [0.2, 0.25) is 0 Å². The molecule has 1 rings (SSSR count). The number of nitrogens with zero attached hydrogens (tertiary/aromatic N) is 1. The van der Waals surface area contributed by atoms with Gasteiger partial charge >= 0.3 is 0 Å². The van der Waals surface area contributed by atoms with Gasteiger partial charge in [0.05, 0.1) is 11.5 Å². The number of hydrogen-bond acceptors (Lipinski definition) is 5. The lowest BCUT2D eigenvalue weighted by atomic mass is 10.1. The highest BCUT2D eigenvalue weighted by Gasteiger charge is 2.17. The Balaban J connectivity index is 3.17. The van der Waals surface area contributed by atoms with Crippen LogP contribution in [0, 0.1) is 10.1 Å².